The number of ether oxygens (including phenoxy) is 2. The van der Waals surface area contributed by atoms with Gasteiger partial charge in [-0.15, -0.1) is 0 Å². The molecule has 0 radical (unpaired) electrons. The molecule has 3 rings (SSSR count). The summed E-state index contributed by atoms with van der Waals surface area (Å²) in [6, 6.07) is 10.6. The summed E-state index contributed by atoms with van der Waals surface area (Å²) in [6.45, 7) is 0. The Morgan fingerprint density at radius 2 is 1.68 bits per heavy atom. The third kappa shape index (κ3) is 2.28. The Bertz CT molecular complexity index is 705. The second kappa shape index (κ2) is 5.48. The highest BCUT2D eigenvalue weighted by molar-refractivity contribution is 6.01. The SMILES string of the molecule is COc1cc([C@H]2NC(=O)c3ccccc3N2)cc(OC)c1O. The topological polar surface area (TPSA) is 79.8 Å². The lowest BCUT2D eigenvalue weighted by molar-refractivity contribution is 0.0935. The quantitative estimate of drug-likeness (QED) is 0.810. The van der Waals surface area contributed by atoms with Gasteiger partial charge in [-0.05, 0) is 24.3 Å². The predicted octanol–water partition coefficient (Wildman–Crippen LogP) is 2.26. The summed E-state index contributed by atoms with van der Waals surface area (Å²) in [5, 5.41) is 16.1. The minimum Gasteiger partial charge on any atom is -0.502 e. The van der Waals surface area contributed by atoms with Crippen molar-refractivity contribution < 1.29 is 19.4 Å². The van der Waals surface area contributed by atoms with Crippen LogP contribution in [0.25, 0.3) is 0 Å². The first kappa shape index (κ1) is 14.1. The van der Waals surface area contributed by atoms with Crippen LogP contribution in [0, 0.1) is 0 Å². The number of amides is 1. The van der Waals surface area contributed by atoms with Gasteiger partial charge in [0.2, 0.25) is 5.75 Å². The fourth-order valence-electron chi connectivity index (χ4n) is 2.45. The zero-order valence-corrected chi connectivity index (χ0v) is 12.2. The van der Waals surface area contributed by atoms with Crippen molar-refractivity contribution in [3.8, 4) is 17.2 Å². The molecule has 0 spiro atoms. The van der Waals surface area contributed by atoms with Crippen LogP contribution in [-0.2, 0) is 0 Å². The van der Waals surface area contributed by atoms with E-state index in [-0.39, 0.29) is 23.2 Å². The standard InChI is InChI=1S/C16H16N2O4/c1-21-12-7-9(8-13(22-2)14(12)19)15-17-11-6-4-3-5-10(11)16(20)18-15/h3-8,15,17,19H,1-2H3,(H,18,20)/t15-/m1/s1. The molecule has 1 amide bonds. The van der Waals surface area contributed by atoms with Gasteiger partial charge >= 0.3 is 0 Å². The Labute approximate surface area is 127 Å². The fourth-order valence-corrected chi connectivity index (χ4v) is 2.45. The molecule has 1 aliphatic rings. The largest absolute Gasteiger partial charge is 0.502 e. The molecule has 0 unspecified atom stereocenters. The van der Waals surface area contributed by atoms with Gasteiger partial charge in [0.25, 0.3) is 5.91 Å². The number of methoxy groups -OCH3 is 2. The molecule has 0 fully saturated rings. The number of nitrogens with one attached hydrogen (secondary N) is 2. The van der Waals surface area contributed by atoms with Crippen molar-refractivity contribution in [2.75, 3.05) is 19.5 Å². The second-order valence-corrected chi connectivity index (χ2v) is 4.87. The van der Waals surface area contributed by atoms with Crippen LogP contribution in [0.2, 0.25) is 0 Å². The van der Waals surface area contributed by atoms with E-state index in [1.807, 2.05) is 18.2 Å². The van der Waals surface area contributed by atoms with E-state index in [0.29, 0.717) is 11.1 Å². The minimum atomic E-state index is -0.439. The van der Waals surface area contributed by atoms with Crippen LogP contribution in [0.4, 0.5) is 5.69 Å². The average molecular weight is 300 g/mol. The lowest BCUT2D eigenvalue weighted by atomic mass is 10.0. The van der Waals surface area contributed by atoms with Gasteiger partial charge < -0.3 is 25.2 Å². The van der Waals surface area contributed by atoms with Crippen molar-refractivity contribution in [2.45, 2.75) is 6.17 Å². The number of benzene rings is 2. The van der Waals surface area contributed by atoms with Gasteiger partial charge in [0.1, 0.15) is 6.17 Å². The number of carbonyl (C=O) groups excluding carboxylic acids is 1. The van der Waals surface area contributed by atoms with E-state index in [2.05, 4.69) is 10.6 Å². The van der Waals surface area contributed by atoms with E-state index in [0.717, 1.165) is 5.69 Å². The summed E-state index contributed by atoms with van der Waals surface area (Å²) in [5.74, 6) is 0.329. The molecule has 3 N–H and O–H groups in total. The number of aromatic hydroxyl groups is 1. The molecule has 2 aromatic rings. The van der Waals surface area contributed by atoms with Gasteiger partial charge in [-0.1, -0.05) is 12.1 Å². The molecular weight excluding hydrogens is 284 g/mol. The van der Waals surface area contributed by atoms with Crippen LogP contribution in [0.3, 0.4) is 0 Å². The maximum atomic E-state index is 12.2. The van der Waals surface area contributed by atoms with Gasteiger partial charge in [0, 0.05) is 11.3 Å². The second-order valence-electron chi connectivity index (χ2n) is 4.87. The number of phenols is 1. The number of hydrogen-bond donors (Lipinski definition) is 3. The monoisotopic (exact) mass is 300 g/mol. The summed E-state index contributed by atoms with van der Waals surface area (Å²) in [7, 11) is 2.92. The van der Waals surface area contributed by atoms with E-state index in [9.17, 15) is 9.90 Å². The molecule has 1 aliphatic heterocycles. The number of fused-ring (bicyclic) bond motifs is 1. The summed E-state index contributed by atoms with van der Waals surface area (Å²) in [5.41, 5.74) is 2.06. The van der Waals surface area contributed by atoms with Crippen molar-refractivity contribution in [2.24, 2.45) is 0 Å². The maximum absolute atomic E-state index is 12.2. The van der Waals surface area contributed by atoms with Crippen molar-refractivity contribution in [1.82, 2.24) is 5.32 Å². The highest BCUT2D eigenvalue weighted by atomic mass is 16.5. The number of rotatable bonds is 3. The van der Waals surface area contributed by atoms with Crippen LogP contribution in [-0.4, -0.2) is 25.2 Å². The van der Waals surface area contributed by atoms with Gasteiger partial charge in [-0.2, -0.15) is 0 Å². The van der Waals surface area contributed by atoms with Gasteiger partial charge in [0.05, 0.1) is 19.8 Å². The molecule has 1 heterocycles. The van der Waals surface area contributed by atoms with Crippen LogP contribution in [0.5, 0.6) is 17.2 Å². The van der Waals surface area contributed by atoms with Crippen LogP contribution < -0.4 is 20.1 Å². The summed E-state index contributed by atoms with van der Waals surface area (Å²) in [6.07, 6.45) is -0.439. The Kier molecular flexibility index (Phi) is 3.50. The van der Waals surface area contributed by atoms with Crippen molar-refractivity contribution in [3.63, 3.8) is 0 Å². The third-order valence-electron chi connectivity index (χ3n) is 3.58. The first-order valence-electron chi connectivity index (χ1n) is 6.75. The molecule has 114 valence electrons. The molecule has 0 aliphatic carbocycles. The van der Waals surface area contributed by atoms with Crippen molar-refractivity contribution in [3.05, 3.63) is 47.5 Å². The molecular formula is C16H16N2O4. The van der Waals surface area contributed by atoms with Gasteiger partial charge in [-0.3, -0.25) is 4.79 Å². The summed E-state index contributed by atoms with van der Waals surface area (Å²) >= 11 is 0. The van der Waals surface area contributed by atoms with Gasteiger partial charge in [-0.25, -0.2) is 0 Å². The molecule has 6 nitrogen and oxygen atoms in total. The molecule has 0 saturated carbocycles. The van der Waals surface area contributed by atoms with Gasteiger partial charge in [0.15, 0.2) is 11.5 Å². The van der Waals surface area contributed by atoms with Crippen molar-refractivity contribution in [1.29, 1.82) is 0 Å². The van der Waals surface area contributed by atoms with Crippen LogP contribution in [0.15, 0.2) is 36.4 Å². The Balaban J connectivity index is 2.01. The van der Waals surface area contributed by atoms with Crippen LogP contribution in [0.1, 0.15) is 22.1 Å². The van der Waals surface area contributed by atoms with E-state index in [4.69, 9.17) is 9.47 Å². The Morgan fingerprint density at radius 1 is 1.05 bits per heavy atom. The lowest BCUT2D eigenvalue weighted by Crippen LogP contribution is -2.38. The number of carbonyl (C=O) groups is 1. The molecule has 22 heavy (non-hydrogen) atoms. The number of anilines is 1. The minimum absolute atomic E-state index is 0.0729. The third-order valence-corrected chi connectivity index (χ3v) is 3.58. The summed E-state index contributed by atoms with van der Waals surface area (Å²) in [4.78, 5) is 12.2. The highest BCUT2D eigenvalue weighted by Crippen LogP contribution is 2.39. The molecule has 6 heteroatoms. The lowest BCUT2D eigenvalue weighted by Gasteiger charge is -2.28. The highest BCUT2D eigenvalue weighted by Gasteiger charge is 2.26. The zero-order valence-electron chi connectivity index (χ0n) is 12.2. The maximum Gasteiger partial charge on any atom is 0.255 e. The van der Waals surface area contributed by atoms with E-state index < -0.39 is 6.17 Å². The molecule has 2 aromatic carbocycles. The zero-order chi connectivity index (χ0) is 15.7. The first-order chi connectivity index (χ1) is 10.6. The average Bonchev–Trinajstić information content (AvgIpc) is 2.55. The van der Waals surface area contributed by atoms with E-state index >= 15 is 0 Å². The number of phenolic OH excluding ortho intramolecular Hbond substituents is 1. The van der Waals surface area contributed by atoms with E-state index in [1.54, 1.807) is 18.2 Å². The van der Waals surface area contributed by atoms with Crippen molar-refractivity contribution >= 4 is 11.6 Å². The molecule has 0 aromatic heterocycles. The van der Waals surface area contributed by atoms with Crippen LogP contribution >= 0.6 is 0 Å². The smallest absolute Gasteiger partial charge is 0.255 e. The normalized spacial score (nSPS) is 16.3. The molecule has 1 atom stereocenters. The Morgan fingerprint density at radius 3 is 2.32 bits per heavy atom. The number of hydrogen-bond acceptors (Lipinski definition) is 5. The fraction of sp³-hybridized carbons (Fsp3) is 0.188. The first-order valence-corrected chi connectivity index (χ1v) is 6.75. The Hall–Kier alpha value is -2.89. The molecule has 0 saturated heterocycles. The molecule has 0 bridgehead atoms. The predicted molar refractivity (Wildman–Crippen MR) is 81.5 cm³/mol. The summed E-state index contributed by atoms with van der Waals surface area (Å²) < 4.78 is 10.3. The number of para-hydroxylation sites is 1. The van der Waals surface area contributed by atoms with E-state index in [1.165, 1.54) is 14.2 Å².